The summed E-state index contributed by atoms with van der Waals surface area (Å²) in [6.45, 7) is 3.79. The van der Waals surface area contributed by atoms with Gasteiger partial charge in [0.05, 0.1) is 12.2 Å². The van der Waals surface area contributed by atoms with Crippen LogP contribution in [0.1, 0.15) is 110 Å². The van der Waals surface area contributed by atoms with E-state index in [9.17, 15) is 9.90 Å². The fourth-order valence-corrected chi connectivity index (χ4v) is 4.23. The average molecular weight is 420 g/mol. The fraction of sp³-hybridized carbons (Fsp3) is 0.760. The Morgan fingerprint density at radius 2 is 1.50 bits per heavy atom. The number of allylic oxidation sites excluding steroid dienone is 2. The van der Waals surface area contributed by atoms with Crippen molar-refractivity contribution in [2.45, 2.75) is 116 Å². The summed E-state index contributed by atoms with van der Waals surface area (Å²) in [7, 11) is 0. The Morgan fingerprint density at radius 3 is 1.97 bits per heavy atom. The Labute approximate surface area is 184 Å². The van der Waals surface area contributed by atoms with Crippen LogP contribution < -0.4 is 10.8 Å². The van der Waals surface area contributed by atoms with Crippen molar-refractivity contribution in [3.8, 4) is 0 Å². The molecule has 30 heavy (non-hydrogen) atoms. The second-order valence-corrected chi connectivity index (χ2v) is 8.75. The molecule has 0 bridgehead atoms. The first kappa shape index (κ1) is 26.6. The van der Waals surface area contributed by atoms with Crippen molar-refractivity contribution in [2.24, 2.45) is 10.7 Å². The highest BCUT2D eigenvalue weighted by molar-refractivity contribution is 5.81. The van der Waals surface area contributed by atoms with Crippen LogP contribution in [-0.4, -0.2) is 29.0 Å². The summed E-state index contributed by atoms with van der Waals surface area (Å²) in [6, 6.07) is 0. The zero-order valence-corrected chi connectivity index (χ0v) is 19.5. The Balaban J connectivity index is 1.98. The van der Waals surface area contributed by atoms with E-state index in [4.69, 9.17) is 5.73 Å². The third kappa shape index (κ3) is 10.5. The summed E-state index contributed by atoms with van der Waals surface area (Å²) >= 11 is 0. The molecule has 2 N–H and O–H groups in total. The lowest BCUT2D eigenvalue weighted by Gasteiger charge is -2.36. The number of aliphatic carboxylic acids is 1. The topological polar surface area (TPSA) is 78.5 Å². The van der Waals surface area contributed by atoms with Crippen LogP contribution in [0.2, 0.25) is 0 Å². The number of hydrogen-bond donors (Lipinski definition) is 1. The van der Waals surface area contributed by atoms with Gasteiger partial charge in [-0.25, -0.2) is 9.48 Å². The van der Waals surface area contributed by atoms with Crippen LogP contribution in [0.4, 0.5) is 0 Å². The van der Waals surface area contributed by atoms with Gasteiger partial charge in [0.2, 0.25) is 5.84 Å². The van der Waals surface area contributed by atoms with E-state index in [0.717, 1.165) is 25.1 Å². The van der Waals surface area contributed by atoms with Crippen LogP contribution in [0.25, 0.3) is 0 Å². The number of carboxylic acids is 1. The van der Waals surface area contributed by atoms with Crippen LogP contribution in [0, 0.1) is 0 Å². The average Bonchev–Trinajstić information content (AvgIpc) is 3.10. The van der Waals surface area contributed by atoms with Crippen molar-refractivity contribution in [2.75, 3.05) is 6.54 Å². The second-order valence-electron chi connectivity index (χ2n) is 8.75. The van der Waals surface area contributed by atoms with Gasteiger partial charge in [-0.2, -0.15) is 0 Å². The summed E-state index contributed by atoms with van der Waals surface area (Å²) < 4.78 is 0.109. The van der Waals surface area contributed by atoms with Crippen molar-refractivity contribution in [1.29, 1.82) is 0 Å². The summed E-state index contributed by atoms with van der Waals surface area (Å²) in [5.41, 5.74) is 6.08. The molecule has 2 atom stereocenters. The number of carbonyl (C=O) groups excluding carboxylic acids is 1. The molecule has 1 rings (SSSR count). The molecule has 172 valence electrons. The molecule has 0 aromatic carbocycles. The molecule has 5 nitrogen and oxygen atoms in total. The van der Waals surface area contributed by atoms with E-state index in [1.165, 1.54) is 77.0 Å². The molecule has 0 aromatic rings. The van der Waals surface area contributed by atoms with Gasteiger partial charge in [0.15, 0.2) is 0 Å². The summed E-state index contributed by atoms with van der Waals surface area (Å²) in [4.78, 5) is 15.6. The summed E-state index contributed by atoms with van der Waals surface area (Å²) in [6.07, 6.45) is 26.7. The molecule has 0 amide bonds. The van der Waals surface area contributed by atoms with Gasteiger partial charge in [0.1, 0.15) is 18.9 Å². The molecule has 0 aliphatic carbocycles. The first-order valence-electron chi connectivity index (χ1n) is 12.2. The highest BCUT2D eigenvalue weighted by Gasteiger charge is 2.38. The predicted octanol–water partition coefficient (Wildman–Crippen LogP) is 5.17. The maximum absolute atomic E-state index is 11.2. The smallest absolute Gasteiger partial charge is 0.209 e. The minimum absolute atomic E-state index is 0.109. The Kier molecular flexibility index (Phi) is 14.4. The van der Waals surface area contributed by atoms with Crippen LogP contribution in [-0.2, 0) is 4.79 Å². The van der Waals surface area contributed by atoms with Crippen molar-refractivity contribution in [1.82, 2.24) is 0 Å². The number of nitrogens with two attached hydrogens (primary N) is 1. The van der Waals surface area contributed by atoms with E-state index >= 15 is 0 Å². The number of unbranched alkanes of at least 4 members (excludes halogenated alkanes) is 13. The third-order valence-corrected chi connectivity index (χ3v) is 6.16. The molecule has 5 heteroatoms. The van der Waals surface area contributed by atoms with Gasteiger partial charge in [-0.3, -0.25) is 5.73 Å². The SMILES string of the molecule is C/C=C/CCCCCCCCCCCCCCCC1=NC=C[N+]1(CC(=O)[O-])C(C)N. The summed E-state index contributed by atoms with van der Waals surface area (Å²) in [5.74, 6) is -0.230. The number of carbonyl (C=O) groups is 1. The number of aliphatic imine (C=N–C) groups is 1. The standard InChI is InChI=1S/C25H45N3O2/c1-3-4-5-6-7-8-9-10-11-12-13-14-15-16-17-18-19-24-27-20-21-28(24,23(2)26)22-25(29)30/h3-4,20-21,23H,5-19,22,26H2,1-2H3/b4-3+. The first-order valence-corrected chi connectivity index (χ1v) is 12.2. The molecule has 0 fully saturated rings. The van der Waals surface area contributed by atoms with Gasteiger partial charge in [0, 0.05) is 13.3 Å². The molecular formula is C25H45N3O2. The number of quaternary nitrogens is 1. The lowest BCUT2D eigenvalue weighted by molar-refractivity contribution is -0.808. The van der Waals surface area contributed by atoms with E-state index in [1.54, 1.807) is 12.4 Å². The minimum atomic E-state index is -1.09. The van der Waals surface area contributed by atoms with Crippen LogP contribution in [0.3, 0.4) is 0 Å². The molecule has 0 saturated heterocycles. The number of carboxylic acid groups (broad SMARTS) is 1. The third-order valence-electron chi connectivity index (χ3n) is 6.16. The molecule has 1 aliphatic rings. The number of rotatable bonds is 19. The lowest BCUT2D eigenvalue weighted by atomic mass is 10.0. The maximum atomic E-state index is 11.2. The van der Waals surface area contributed by atoms with Crippen molar-refractivity contribution >= 4 is 11.8 Å². The van der Waals surface area contributed by atoms with E-state index in [0.29, 0.717) is 0 Å². The molecule has 1 aliphatic heterocycles. The highest BCUT2D eigenvalue weighted by atomic mass is 16.4. The second kappa shape index (κ2) is 16.3. The minimum Gasteiger partial charge on any atom is -0.544 e. The Morgan fingerprint density at radius 1 is 1.00 bits per heavy atom. The maximum Gasteiger partial charge on any atom is 0.209 e. The molecule has 0 radical (unpaired) electrons. The van der Waals surface area contributed by atoms with Crippen molar-refractivity contribution in [3.63, 3.8) is 0 Å². The number of hydrogen-bond acceptors (Lipinski definition) is 4. The molecule has 1 heterocycles. The molecule has 2 unspecified atom stereocenters. The van der Waals surface area contributed by atoms with Crippen LogP contribution >= 0.6 is 0 Å². The van der Waals surface area contributed by atoms with Crippen molar-refractivity contribution < 1.29 is 14.4 Å². The number of amidine groups is 1. The van der Waals surface area contributed by atoms with Crippen LogP contribution in [0.15, 0.2) is 29.5 Å². The van der Waals surface area contributed by atoms with E-state index < -0.39 is 5.97 Å². The highest BCUT2D eigenvalue weighted by Crippen LogP contribution is 2.23. The van der Waals surface area contributed by atoms with E-state index in [-0.39, 0.29) is 17.2 Å². The quantitative estimate of drug-likeness (QED) is 0.178. The van der Waals surface area contributed by atoms with Gasteiger partial charge in [-0.15, -0.1) is 0 Å². The van der Waals surface area contributed by atoms with Crippen LogP contribution in [0.5, 0.6) is 0 Å². The fourth-order valence-electron chi connectivity index (χ4n) is 4.23. The monoisotopic (exact) mass is 419 g/mol. The molecule has 0 aromatic heterocycles. The molecule has 0 spiro atoms. The van der Waals surface area contributed by atoms with E-state index in [2.05, 4.69) is 24.1 Å². The molecule has 0 saturated carbocycles. The predicted molar refractivity (Wildman–Crippen MR) is 124 cm³/mol. The Hall–Kier alpha value is -1.46. The largest absolute Gasteiger partial charge is 0.544 e. The van der Waals surface area contributed by atoms with Gasteiger partial charge in [0.25, 0.3) is 0 Å². The first-order chi connectivity index (χ1) is 14.5. The zero-order chi connectivity index (χ0) is 22.1. The van der Waals surface area contributed by atoms with Gasteiger partial charge < -0.3 is 9.90 Å². The van der Waals surface area contributed by atoms with Crippen molar-refractivity contribution in [3.05, 3.63) is 24.6 Å². The van der Waals surface area contributed by atoms with Gasteiger partial charge in [-0.1, -0.05) is 82.8 Å². The van der Waals surface area contributed by atoms with Gasteiger partial charge >= 0.3 is 0 Å². The molecular weight excluding hydrogens is 374 g/mol. The Bertz CT molecular complexity index is 555. The number of nitrogens with zero attached hydrogens (tertiary/aromatic N) is 2. The normalized spacial score (nSPS) is 19.5. The summed E-state index contributed by atoms with van der Waals surface area (Å²) in [5, 5.41) is 11.2. The lowest BCUT2D eigenvalue weighted by Crippen LogP contribution is -2.60. The van der Waals surface area contributed by atoms with E-state index in [1.807, 2.05) is 6.92 Å². The van der Waals surface area contributed by atoms with Gasteiger partial charge in [-0.05, 0) is 26.2 Å². The zero-order valence-electron chi connectivity index (χ0n) is 19.5.